The monoisotopic (exact) mass is 963 g/mol. The number of amides is 5. The van der Waals surface area contributed by atoms with Gasteiger partial charge in [0.25, 0.3) is 17.7 Å². The van der Waals surface area contributed by atoms with Crippen molar-refractivity contribution in [3.63, 3.8) is 0 Å². The lowest BCUT2D eigenvalue weighted by Gasteiger charge is -2.42. The number of nitrogens with zero attached hydrogens (tertiary/aromatic N) is 8. The number of rotatable bonds is 9. The van der Waals surface area contributed by atoms with Gasteiger partial charge in [-0.1, -0.05) is 0 Å². The van der Waals surface area contributed by atoms with Gasteiger partial charge in [0, 0.05) is 73.5 Å². The van der Waals surface area contributed by atoms with Crippen molar-refractivity contribution in [2.75, 3.05) is 47.4 Å². The topological polar surface area (TPSA) is 172 Å². The molecule has 1 saturated carbocycles. The number of nitrogens with one attached hydrogen (secondary N) is 1. The van der Waals surface area contributed by atoms with E-state index in [2.05, 4.69) is 25.1 Å². The summed E-state index contributed by atoms with van der Waals surface area (Å²) in [6, 6.07) is 10.7. The lowest BCUT2D eigenvalue weighted by molar-refractivity contribution is -0.136. The molecule has 0 bridgehead atoms. The Hall–Kier alpha value is -5.20. The molecule has 1 unspecified atom stereocenters. The molecule has 7 heterocycles. The number of thiocarbonyl (C=S) groups is 1. The zero-order valence-electron chi connectivity index (χ0n) is 32.8. The molecule has 5 fully saturated rings. The van der Waals surface area contributed by atoms with Crippen LogP contribution in [0.25, 0.3) is 0 Å². The van der Waals surface area contributed by atoms with E-state index in [4.69, 9.17) is 17.0 Å². The first-order valence-electron chi connectivity index (χ1n) is 20.4. The Kier molecular flexibility index (Phi) is 10.7. The Balaban J connectivity index is 0.766. The fourth-order valence-electron chi connectivity index (χ4n) is 9.44. The van der Waals surface area contributed by atoms with Crippen molar-refractivity contribution >= 4 is 86.5 Å². The zero-order valence-corrected chi connectivity index (χ0v) is 35.8. The molecule has 1 spiro atoms. The number of hydrogen-bond donors (Lipinski definition) is 1. The van der Waals surface area contributed by atoms with E-state index in [0.29, 0.717) is 30.3 Å². The summed E-state index contributed by atoms with van der Waals surface area (Å²) in [5, 5.41) is 11.7. The molecular weight excluding hydrogens is 923 g/mol. The van der Waals surface area contributed by atoms with E-state index in [-0.39, 0.29) is 46.8 Å². The van der Waals surface area contributed by atoms with E-state index in [1.54, 1.807) is 35.4 Å². The molecule has 5 aliphatic heterocycles. The van der Waals surface area contributed by atoms with Gasteiger partial charge in [-0.2, -0.15) is 14.0 Å². The number of anilines is 3. The molecule has 5 amide bonds. The van der Waals surface area contributed by atoms with Gasteiger partial charge in [-0.3, -0.25) is 39.1 Å². The van der Waals surface area contributed by atoms with Crippen LogP contribution in [0.1, 0.15) is 89.8 Å². The van der Waals surface area contributed by atoms with Crippen molar-refractivity contribution in [2.24, 2.45) is 5.92 Å². The maximum absolute atomic E-state index is 14.4. The fourth-order valence-corrected chi connectivity index (χ4v) is 10.3. The highest BCUT2D eigenvalue weighted by atomic mass is 127. The summed E-state index contributed by atoms with van der Waals surface area (Å²) in [5.74, 6) is -1.41. The first-order chi connectivity index (χ1) is 29.3. The molecule has 61 heavy (non-hydrogen) atoms. The van der Waals surface area contributed by atoms with Crippen molar-refractivity contribution < 1.29 is 37.5 Å². The van der Waals surface area contributed by atoms with E-state index < -0.39 is 50.4 Å². The Morgan fingerprint density at radius 2 is 1.61 bits per heavy atom. The molecule has 4 saturated heterocycles. The number of halogens is 3. The Bertz CT molecular complexity index is 2390. The fraction of sp³-hybridized carbons (Fsp3) is 0.452. The highest BCUT2D eigenvalue weighted by Gasteiger charge is 2.60. The van der Waals surface area contributed by atoms with Crippen molar-refractivity contribution in [1.82, 2.24) is 25.1 Å². The second-order valence-corrected chi connectivity index (χ2v) is 18.1. The smallest absolute Gasteiger partial charge is 0.324 e. The molecule has 1 atom stereocenters. The maximum Gasteiger partial charge on any atom is 0.324 e. The molecule has 3 aromatic rings. The van der Waals surface area contributed by atoms with Gasteiger partial charge in [0.15, 0.2) is 10.8 Å². The van der Waals surface area contributed by atoms with Crippen LogP contribution in [0.2, 0.25) is 0 Å². The highest BCUT2D eigenvalue weighted by molar-refractivity contribution is 14.1. The number of alkyl halides is 3. The molecule has 2 aromatic heterocycles. The minimum Gasteiger partial charge on any atom is -0.474 e. The first-order valence-corrected chi connectivity index (χ1v) is 21.9. The normalized spacial score (nSPS) is 22.5. The summed E-state index contributed by atoms with van der Waals surface area (Å²) < 4.78 is 31.8. The lowest BCUT2D eigenvalue weighted by Crippen LogP contribution is -2.55. The number of benzene rings is 1. The molecular formula is C42H40F2IN9O6S. The number of piperidine rings is 3. The predicted octanol–water partition coefficient (Wildman–Crippen LogP) is 5.05. The second-order valence-electron chi connectivity index (χ2n) is 16.4. The summed E-state index contributed by atoms with van der Waals surface area (Å²) in [6.45, 7) is 4.35. The van der Waals surface area contributed by atoms with E-state index in [9.17, 15) is 38.0 Å². The molecule has 1 aliphatic carbocycles. The molecule has 316 valence electrons. The SMILES string of the molecule is N#Cc1ncc(N2C(=O)C3(CCC3)N(c3ccc(OC4CCN(CC5CCN(c6ccc7c(c6)C(=O)N(C6CCC(=O)NC6=O)C7=O)CC5)CC4)nc3)C2=S)cc1C(F)(F)I. The number of hydrogen-bond acceptors (Lipinski definition) is 12. The molecule has 1 aromatic carbocycles. The van der Waals surface area contributed by atoms with Crippen LogP contribution < -0.4 is 24.8 Å². The van der Waals surface area contributed by atoms with Gasteiger partial charge in [-0.05, 0) is 99.8 Å². The van der Waals surface area contributed by atoms with E-state index in [0.717, 1.165) is 104 Å². The van der Waals surface area contributed by atoms with E-state index in [1.807, 2.05) is 12.1 Å². The molecule has 6 aliphatic rings. The van der Waals surface area contributed by atoms with E-state index in [1.165, 1.54) is 11.1 Å². The van der Waals surface area contributed by atoms with Crippen LogP contribution in [-0.4, -0.2) is 105 Å². The Morgan fingerprint density at radius 3 is 2.25 bits per heavy atom. The number of imide groups is 2. The number of carbonyl (C=O) groups is 5. The van der Waals surface area contributed by atoms with E-state index >= 15 is 0 Å². The number of fused-ring (bicyclic) bond motifs is 1. The minimum absolute atomic E-state index is 0.0196. The minimum atomic E-state index is -3.38. The number of likely N-dealkylation sites (tertiary alicyclic amines) is 1. The van der Waals surface area contributed by atoms with Crippen molar-refractivity contribution in [2.45, 2.75) is 79.4 Å². The van der Waals surface area contributed by atoms with Crippen molar-refractivity contribution in [3.05, 3.63) is 71.2 Å². The Morgan fingerprint density at radius 1 is 0.902 bits per heavy atom. The molecule has 1 N–H and O–H groups in total. The van der Waals surface area contributed by atoms with Gasteiger partial charge in [0.2, 0.25) is 17.7 Å². The van der Waals surface area contributed by atoms with Gasteiger partial charge in [-0.25, -0.2) is 9.97 Å². The van der Waals surface area contributed by atoms with Gasteiger partial charge < -0.3 is 19.4 Å². The standard InChI is InChI=1S/C42H40F2IN9O6S/c43-42(44,45)31-19-27(22-47-32(31)20-46)52-39(59)41(12-1-13-41)54(40(52)61)26-3-7-35(48-21-26)60-28-10-14-50(15-11-28)23-24-8-16-51(17-9-24)25-2-4-29-30(18-25)38(58)53(37(29)57)33-5-6-34(55)49-36(33)56/h2-4,7,18-19,21-22,24,28,33H,1,5-6,8-17,23H2,(H,49,55,56). The number of carbonyl (C=O) groups excluding carboxylic acids is 5. The zero-order chi connectivity index (χ0) is 42.8. The average molecular weight is 964 g/mol. The molecule has 15 nitrogen and oxygen atoms in total. The maximum atomic E-state index is 14.4. The third-order valence-corrected chi connectivity index (χ3v) is 13.8. The van der Waals surface area contributed by atoms with Gasteiger partial charge in [0.05, 0.1) is 40.5 Å². The molecule has 9 rings (SSSR count). The third-order valence-electron chi connectivity index (χ3n) is 12.9. The van der Waals surface area contributed by atoms with Crippen LogP contribution >= 0.6 is 34.8 Å². The number of aromatic nitrogens is 2. The van der Waals surface area contributed by atoms with Crippen LogP contribution in [0.3, 0.4) is 0 Å². The van der Waals surface area contributed by atoms with Crippen LogP contribution in [-0.2, 0) is 18.3 Å². The van der Waals surface area contributed by atoms with Crippen LogP contribution in [0.15, 0.2) is 48.8 Å². The van der Waals surface area contributed by atoms with Crippen molar-refractivity contribution in [1.29, 1.82) is 5.26 Å². The highest BCUT2D eigenvalue weighted by Crippen LogP contribution is 2.48. The summed E-state index contributed by atoms with van der Waals surface area (Å²) in [6.07, 6.45) is 8.50. The number of nitriles is 1. The first kappa shape index (κ1) is 41.2. The molecule has 0 radical (unpaired) electrons. The number of ether oxygens (including phenoxy) is 1. The largest absolute Gasteiger partial charge is 0.474 e. The average Bonchev–Trinajstić information content (AvgIpc) is 3.62. The predicted molar refractivity (Wildman–Crippen MR) is 228 cm³/mol. The van der Waals surface area contributed by atoms with Gasteiger partial charge in [0.1, 0.15) is 23.8 Å². The third kappa shape index (κ3) is 7.39. The summed E-state index contributed by atoms with van der Waals surface area (Å²) in [7, 11) is 0. The summed E-state index contributed by atoms with van der Waals surface area (Å²) >= 11 is 6.75. The van der Waals surface area contributed by atoms with Crippen LogP contribution in [0.4, 0.5) is 25.8 Å². The van der Waals surface area contributed by atoms with Crippen molar-refractivity contribution in [3.8, 4) is 11.9 Å². The van der Waals surface area contributed by atoms with Crippen LogP contribution in [0, 0.1) is 17.2 Å². The second kappa shape index (κ2) is 15.9. The number of pyridine rings is 2. The Labute approximate surface area is 368 Å². The summed E-state index contributed by atoms with van der Waals surface area (Å²) in [4.78, 5) is 81.7. The quantitative estimate of drug-likeness (QED) is 0.131. The van der Waals surface area contributed by atoms with Gasteiger partial charge in [-0.15, -0.1) is 0 Å². The molecule has 19 heteroatoms. The lowest BCUT2D eigenvalue weighted by atomic mass is 9.75. The van der Waals surface area contributed by atoms with Gasteiger partial charge >= 0.3 is 3.93 Å². The summed E-state index contributed by atoms with van der Waals surface area (Å²) in [5.41, 5.74) is 0.129. The van der Waals surface area contributed by atoms with Crippen LogP contribution in [0.5, 0.6) is 5.88 Å².